The van der Waals surface area contributed by atoms with Gasteiger partial charge in [-0.3, -0.25) is 4.98 Å². The van der Waals surface area contributed by atoms with Crippen LogP contribution in [-0.4, -0.2) is 57.9 Å². The zero-order valence-electron chi connectivity index (χ0n) is 14.1. The second kappa shape index (κ2) is 6.41. The third kappa shape index (κ3) is 3.48. The highest BCUT2D eigenvalue weighted by Crippen LogP contribution is 2.34. The van der Waals surface area contributed by atoms with Crippen LogP contribution in [-0.2, 0) is 10.0 Å². The molecule has 0 radical (unpaired) electrons. The summed E-state index contributed by atoms with van der Waals surface area (Å²) in [7, 11) is -4.42. The number of pyridine rings is 1. The maximum Gasteiger partial charge on any atom is 0.404 e. The molecule has 3 aromatic rings. The standard InChI is InChI=1S/C16H16F3N5O2S/c17-16(18,19)9-27(25,26)24-7-1-2-10(8-24)14-13-11-3-5-21-15(11)23-22-12(13)4-6-20-14/h3-6,10H,1-2,7-9H2,(H,21,23). The Bertz CT molecular complexity index is 1100. The molecule has 7 nitrogen and oxygen atoms in total. The van der Waals surface area contributed by atoms with Crippen molar-refractivity contribution in [3.05, 3.63) is 30.2 Å². The van der Waals surface area contributed by atoms with E-state index in [1.807, 2.05) is 6.07 Å². The fraction of sp³-hybridized carbons (Fsp3) is 0.438. The van der Waals surface area contributed by atoms with Crippen LogP contribution in [0.25, 0.3) is 21.9 Å². The van der Waals surface area contributed by atoms with Gasteiger partial charge in [-0.15, -0.1) is 10.2 Å². The molecule has 3 aromatic heterocycles. The number of hydrogen-bond acceptors (Lipinski definition) is 5. The first-order valence-electron chi connectivity index (χ1n) is 8.37. The molecule has 1 aliphatic heterocycles. The van der Waals surface area contributed by atoms with Gasteiger partial charge in [-0.1, -0.05) is 0 Å². The van der Waals surface area contributed by atoms with Gasteiger partial charge in [0.05, 0.1) is 11.2 Å². The van der Waals surface area contributed by atoms with E-state index in [1.54, 1.807) is 18.5 Å². The SMILES string of the molecule is O=S(=O)(CC(F)(F)F)N1CCCC(c2nccc3nnc4[nH]ccc4c23)C1. The van der Waals surface area contributed by atoms with Crippen molar-refractivity contribution in [3.63, 3.8) is 0 Å². The summed E-state index contributed by atoms with van der Waals surface area (Å²) in [5.41, 5.74) is 1.83. The van der Waals surface area contributed by atoms with E-state index in [4.69, 9.17) is 0 Å². The predicted octanol–water partition coefficient (Wildman–Crippen LogP) is 2.58. The Balaban J connectivity index is 1.73. The zero-order chi connectivity index (χ0) is 19.2. The van der Waals surface area contributed by atoms with Crippen molar-refractivity contribution in [1.82, 2.24) is 24.5 Å². The molecule has 4 heterocycles. The second-order valence-electron chi connectivity index (χ2n) is 6.60. The van der Waals surface area contributed by atoms with Crippen LogP contribution < -0.4 is 0 Å². The van der Waals surface area contributed by atoms with E-state index < -0.39 is 22.0 Å². The molecule has 1 unspecified atom stereocenters. The van der Waals surface area contributed by atoms with Gasteiger partial charge in [0.25, 0.3) is 0 Å². The minimum atomic E-state index is -4.77. The number of aromatic amines is 1. The first kappa shape index (κ1) is 18.1. The molecular formula is C16H16F3N5O2S. The average molecular weight is 399 g/mol. The molecule has 11 heteroatoms. The summed E-state index contributed by atoms with van der Waals surface area (Å²) in [5, 5.41) is 9.79. The molecule has 0 aliphatic carbocycles. The molecule has 0 saturated carbocycles. The highest BCUT2D eigenvalue weighted by Gasteiger charge is 2.40. The molecule has 0 amide bonds. The van der Waals surface area contributed by atoms with Crippen LogP contribution in [0.3, 0.4) is 0 Å². The Morgan fingerprint density at radius 1 is 1.26 bits per heavy atom. The number of alkyl halides is 3. The molecule has 1 atom stereocenters. The number of halogens is 3. The van der Waals surface area contributed by atoms with Gasteiger partial charge in [0.2, 0.25) is 10.0 Å². The molecule has 27 heavy (non-hydrogen) atoms. The number of aromatic nitrogens is 4. The van der Waals surface area contributed by atoms with E-state index in [0.29, 0.717) is 29.7 Å². The van der Waals surface area contributed by atoms with E-state index in [9.17, 15) is 21.6 Å². The number of rotatable bonds is 3. The Morgan fingerprint density at radius 3 is 2.85 bits per heavy atom. The lowest BCUT2D eigenvalue weighted by molar-refractivity contribution is -0.107. The zero-order valence-corrected chi connectivity index (χ0v) is 14.9. The molecule has 0 bridgehead atoms. The van der Waals surface area contributed by atoms with Gasteiger partial charge in [0.15, 0.2) is 11.4 Å². The molecular weight excluding hydrogens is 383 g/mol. The van der Waals surface area contributed by atoms with Crippen LogP contribution in [0, 0.1) is 0 Å². The highest BCUT2D eigenvalue weighted by atomic mass is 32.2. The van der Waals surface area contributed by atoms with Gasteiger partial charge in [0.1, 0.15) is 0 Å². The Hall–Kier alpha value is -2.27. The second-order valence-corrected chi connectivity index (χ2v) is 8.57. The molecule has 144 valence electrons. The largest absolute Gasteiger partial charge is 0.404 e. The third-order valence-corrected chi connectivity index (χ3v) is 6.53. The minimum absolute atomic E-state index is 0.0290. The van der Waals surface area contributed by atoms with Crippen molar-refractivity contribution in [3.8, 4) is 0 Å². The van der Waals surface area contributed by atoms with Gasteiger partial charge in [-0.2, -0.15) is 13.2 Å². The molecule has 1 aliphatic rings. The van der Waals surface area contributed by atoms with Crippen LogP contribution in [0.4, 0.5) is 13.2 Å². The minimum Gasteiger partial charge on any atom is -0.345 e. The van der Waals surface area contributed by atoms with Crippen LogP contribution in [0.2, 0.25) is 0 Å². The summed E-state index contributed by atoms with van der Waals surface area (Å²) in [6.07, 6.45) is -0.381. The van der Waals surface area contributed by atoms with Crippen LogP contribution in [0.1, 0.15) is 24.5 Å². The molecule has 4 rings (SSSR count). The lowest BCUT2D eigenvalue weighted by Gasteiger charge is -2.32. The Morgan fingerprint density at radius 2 is 2.07 bits per heavy atom. The number of fused-ring (bicyclic) bond motifs is 3. The fourth-order valence-corrected chi connectivity index (χ4v) is 5.01. The number of sulfonamides is 1. The van der Waals surface area contributed by atoms with Gasteiger partial charge in [0, 0.05) is 42.2 Å². The number of hydrogen-bond donors (Lipinski definition) is 1. The smallest absolute Gasteiger partial charge is 0.345 e. The summed E-state index contributed by atoms with van der Waals surface area (Å²) < 4.78 is 63.2. The van der Waals surface area contributed by atoms with E-state index in [-0.39, 0.29) is 19.0 Å². The van der Waals surface area contributed by atoms with Crippen LogP contribution >= 0.6 is 0 Å². The van der Waals surface area contributed by atoms with E-state index in [0.717, 1.165) is 15.1 Å². The van der Waals surface area contributed by atoms with Crippen LogP contribution in [0.15, 0.2) is 24.5 Å². The van der Waals surface area contributed by atoms with Gasteiger partial charge < -0.3 is 4.98 Å². The fourth-order valence-electron chi connectivity index (χ4n) is 3.60. The van der Waals surface area contributed by atoms with Gasteiger partial charge in [-0.05, 0) is 25.0 Å². The predicted molar refractivity (Wildman–Crippen MR) is 92.6 cm³/mol. The van der Waals surface area contributed by atoms with E-state index in [1.165, 1.54) is 0 Å². The van der Waals surface area contributed by atoms with E-state index >= 15 is 0 Å². The van der Waals surface area contributed by atoms with Crippen molar-refractivity contribution in [2.24, 2.45) is 0 Å². The van der Waals surface area contributed by atoms with Crippen molar-refractivity contribution in [2.45, 2.75) is 24.9 Å². The van der Waals surface area contributed by atoms with E-state index in [2.05, 4.69) is 20.2 Å². The summed E-state index contributed by atoms with van der Waals surface area (Å²) in [6.45, 7) is 0.0534. The van der Waals surface area contributed by atoms with Gasteiger partial charge >= 0.3 is 6.18 Å². The molecule has 1 saturated heterocycles. The maximum atomic E-state index is 12.6. The number of piperidine rings is 1. The average Bonchev–Trinajstić information content (AvgIpc) is 3.08. The Kier molecular flexibility index (Phi) is 4.30. The number of H-pyrrole nitrogens is 1. The summed E-state index contributed by atoms with van der Waals surface area (Å²) >= 11 is 0. The monoisotopic (exact) mass is 399 g/mol. The topological polar surface area (TPSA) is 91.8 Å². The summed E-state index contributed by atoms with van der Waals surface area (Å²) in [6, 6.07) is 3.54. The summed E-state index contributed by atoms with van der Waals surface area (Å²) in [4.78, 5) is 7.39. The van der Waals surface area contributed by atoms with Crippen molar-refractivity contribution < 1.29 is 21.6 Å². The van der Waals surface area contributed by atoms with Crippen molar-refractivity contribution in [2.75, 3.05) is 18.8 Å². The quantitative estimate of drug-likeness (QED) is 0.731. The normalized spacial score (nSPS) is 19.7. The van der Waals surface area contributed by atoms with Crippen LogP contribution in [0.5, 0.6) is 0 Å². The lowest BCUT2D eigenvalue weighted by Crippen LogP contribution is -2.43. The number of nitrogens with one attached hydrogen (secondary N) is 1. The molecule has 1 N–H and O–H groups in total. The summed E-state index contributed by atoms with van der Waals surface area (Å²) in [5.74, 6) is -2.16. The van der Waals surface area contributed by atoms with Crippen molar-refractivity contribution >= 4 is 32.0 Å². The molecule has 0 aromatic carbocycles. The molecule has 1 fully saturated rings. The first-order chi connectivity index (χ1) is 12.7. The first-order valence-corrected chi connectivity index (χ1v) is 9.98. The van der Waals surface area contributed by atoms with Crippen molar-refractivity contribution in [1.29, 1.82) is 0 Å². The number of nitrogens with zero attached hydrogens (tertiary/aromatic N) is 4. The Labute approximate surface area is 152 Å². The third-order valence-electron chi connectivity index (χ3n) is 4.72. The maximum absolute atomic E-state index is 12.6. The highest BCUT2D eigenvalue weighted by molar-refractivity contribution is 7.89. The molecule has 0 spiro atoms. The lowest BCUT2D eigenvalue weighted by atomic mass is 9.92. The van der Waals surface area contributed by atoms with Gasteiger partial charge in [-0.25, -0.2) is 12.7 Å².